The lowest BCUT2D eigenvalue weighted by atomic mass is 9.82. The van der Waals surface area contributed by atoms with Crippen molar-refractivity contribution in [3.05, 3.63) is 0 Å². The highest BCUT2D eigenvalue weighted by molar-refractivity contribution is 4.85. The van der Waals surface area contributed by atoms with Crippen LogP contribution >= 0.6 is 0 Å². The summed E-state index contributed by atoms with van der Waals surface area (Å²) >= 11 is 0. The van der Waals surface area contributed by atoms with Crippen molar-refractivity contribution in [1.82, 2.24) is 5.32 Å². The number of nitrogens with one attached hydrogen (secondary N) is 1. The van der Waals surface area contributed by atoms with Crippen LogP contribution in [0.3, 0.4) is 0 Å². The van der Waals surface area contributed by atoms with Gasteiger partial charge >= 0.3 is 0 Å². The van der Waals surface area contributed by atoms with E-state index in [1.807, 2.05) is 0 Å². The van der Waals surface area contributed by atoms with Gasteiger partial charge in [-0.05, 0) is 50.0 Å². The molecule has 3 heteroatoms. The lowest BCUT2D eigenvalue weighted by Crippen LogP contribution is -2.38. The second-order valence-electron chi connectivity index (χ2n) is 5.89. The van der Waals surface area contributed by atoms with Gasteiger partial charge in [0, 0.05) is 25.8 Å². The van der Waals surface area contributed by atoms with Crippen LogP contribution in [0.5, 0.6) is 0 Å². The zero-order valence-electron chi connectivity index (χ0n) is 10.5. The highest BCUT2D eigenvalue weighted by Gasteiger charge is 2.29. The maximum absolute atomic E-state index is 6.07. The normalized spacial score (nSPS) is 26.6. The molecule has 0 amide bonds. The van der Waals surface area contributed by atoms with Gasteiger partial charge in [0.25, 0.3) is 0 Å². The maximum Gasteiger partial charge on any atom is 0.0471 e. The van der Waals surface area contributed by atoms with Crippen LogP contribution < -0.4 is 11.1 Å². The van der Waals surface area contributed by atoms with E-state index in [0.29, 0.717) is 11.5 Å². The van der Waals surface area contributed by atoms with Gasteiger partial charge in [-0.25, -0.2) is 0 Å². The van der Waals surface area contributed by atoms with Crippen molar-refractivity contribution < 1.29 is 4.74 Å². The third-order valence-corrected chi connectivity index (χ3v) is 4.13. The first-order valence-corrected chi connectivity index (χ1v) is 6.74. The molecule has 2 fully saturated rings. The molecule has 1 aliphatic carbocycles. The lowest BCUT2D eigenvalue weighted by molar-refractivity contribution is 0.0241. The predicted octanol–water partition coefficient (Wildman–Crippen LogP) is 1.52. The third-order valence-electron chi connectivity index (χ3n) is 4.13. The summed E-state index contributed by atoms with van der Waals surface area (Å²) in [5, 5.41) is 3.57. The average molecular weight is 226 g/mol. The Morgan fingerprint density at radius 2 is 2.06 bits per heavy atom. The summed E-state index contributed by atoms with van der Waals surface area (Å²) in [5.74, 6) is 0.834. The summed E-state index contributed by atoms with van der Waals surface area (Å²) in [6.45, 7) is 6.42. The molecular formula is C13H26N2O. The van der Waals surface area contributed by atoms with E-state index >= 15 is 0 Å². The monoisotopic (exact) mass is 226 g/mol. The van der Waals surface area contributed by atoms with Gasteiger partial charge in [0.15, 0.2) is 0 Å². The molecule has 3 nitrogen and oxygen atoms in total. The first-order chi connectivity index (χ1) is 7.70. The number of ether oxygens (including phenoxy) is 1. The molecule has 94 valence electrons. The van der Waals surface area contributed by atoms with Gasteiger partial charge in [-0.3, -0.25) is 0 Å². The van der Waals surface area contributed by atoms with Gasteiger partial charge in [0.2, 0.25) is 0 Å². The Kier molecular flexibility index (Phi) is 4.22. The fourth-order valence-electron chi connectivity index (χ4n) is 2.46. The Labute approximate surface area is 99.1 Å². The molecule has 1 saturated carbocycles. The Hall–Kier alpha value is -0.120. The molecule has 0 aromatic carbocycles. The second kappa shape index (κ2) is 5.48. The molecule has 1 atom stereocenters. The minimum absolute atomic E-state index is 0.440. The van der Waals surface area contributed by atoms with Crippen LogP contribution in [0, 0.1) is 11.3 Å². The molecule has 0 spiro atoms. The topological polar surface area (TPSA) is 47.3 Å². The number of rotatable bonds is 6. The number of hydrogen-bond donors (Lipinski definition) is 2. The minimum Gasteiger partial charge on any atom is -0.381 e. The lowest BCUT2D eigenvalue weighted by Gasteiger charge is -2.33. The van der Waals surface area contributed by atoms with Crippen molar-refractivity contribution in [3.63, 3.8) is 0 Å². The molecule has 1 saturated heterocycles. The molecule has 0 aromatic rings. The fraction of sp³-hybridized carbons (Fsp3) is 1.00. The molecular weight excluding hydrogens is 200 g/mol. The van der Waals surface area contributed by atoms with E-state index < -0.39 is 0 Å². The first-order valence-electron chi connectivity index (χ1n) is 6.74. The van der Waals surface area contributed by atoms with E-state index in [4.69, 9.17) is 10.5 Å². The zero-order chi connectivity index (χ0) is 11.4. The van der Waals surface area contributed by atoms with E-state index in [1.165, 1.54) is 25.7 Å². The van der Waals surface area contributed by atoms with Gasteiger partial charge in [-0.1, -0.05) is 6.92 Å². The van der Waals surface area contributed by atoms with Gasteiger partial charge in [-0.2, -0.15) is 0 Å². The molecule has 3 N–H and O–H groups in total. The van der Waals surface area contributed by atoms with E-state index in [0.717, 1.165) is 38.6 Å². The molecule has 2 rings (SSSR count). The van der Waals surface area contributed by atoms with Crippen LogP contribution in [-0.2, 0) is 4.74 Å². The van der Waals surface area contributed by atoms with Crippen LogP contribution in [0.4, 0.5) is 0 Å². The van der Waals surface area contributed by atoms with Crippen molar-refractivity contribution in [2.75, 3.05) is 26.3 Å². The van der Waals surface area contributed by atoms with Crippen molar-refractivity contribution in [2.24, 2.45) is 17.1 Å². The van der Waals surface area contributed by atoms with E-state index in [-0.39, 0.29) is 0 Å². The molecule has 0 bridgehead atoms. The van der Waals surface area contributed by atoms with E-state index in [2.05, 4.69) is 12.2 Å². The summed E-state index contributed by atoms with van der Waals surface area (Å²) in [6.07, 6.45) is 6.23. The van der Waals surface area contributed by atoms with Gasteiger partial charge < -0.3 is 15.8 Å². The zero-order valence-corrected chi connectivity index (χ0v) is 10.5. The predicted molar refractivity (Wildman–Crippen MR) is 66.3 cm³/mol. The Morgan fingerprint density at radius 3 is 2.69 bits per heavy atom. The third kappa shape index (κ3) is 3.72. The van der Waals surface area contributed by atoms with E-state index in [1.54, 1.807) is 0 Å². The van der Waals surface area contributed by atoms with Crippen molar-refractivity contribution >= 4 is 0 Å². The highest BCUT2D eigenvalue weighted by Crippen LogP contribution is 2.32. The minimum atomic E-state index is 0.440. The molecule has 2 aliphatic rings. The molecule has 16 heavy (non-hydrogen) atoms. The standard InChI is InChI=1S/C13H26N2O/c1-13(5-8-16-9-6-13)10-15-7-4-12(14)11-2-3-11/h11-12,15H,2-10,14H2,1H3. The smallest absolute Gasteiger partial charge is 0.0471 e. The molecule has 1 unspecified atom stereocenters. The Balaban J connectivity index is 1.55. The summed E-state index contributed by atoms with van der Waals surface area (Å²) in [5.41, 5.74) is 6.52. The molecule has 0 radical (unpaired) electrons. The van der Waals surface area contributed by atoms with Crippen LogP contribution in [0.1, 0.15) is 39.0 Å². The van der Waals surface area contributed by atoms with Crippen molar-refractivity contribution in [3.8, 4) is 0 Å². The fourth-order valence-corrected chi connectivity index (χ4v) is 2.46. The Bertz CT molecular complexity index is 210. The number of hydrogen-bond acceptors (Lipinski definition) is 3. The molecule has 1 aliphatic heterocycles. The molecule has 1 heterocycles. The highest BCUT2D eigenvalue weighted by atomic mass is 16.5. The summed E-state index contributed by atoms with van der Waals surface area (Å²) in [4.78, 5) is 0. The SMILES string of the molecule is CC1(CNCCC(N)C2CC2)CCOCC1. The van der Waals surface area contributed by atoms with Crippen molar-refractivity contribution in [2.45, 2.75) is 45.1 Å². The average Bonchev–Trinajstić information content (AvgIpc) is 3.09. The van der Waals surface area contributed by atoms with Gasteiger partial charge in [0.05, 0.1) is 0 Å². The first kappa shape index (κ1) is 12.3. The Morgan fingerprint density at radius 1 is 1.38 bits per heavy atom. The maximum atomic E-state index is 6.07. The largest absolute Gasteiger partial charge is 0.381 e. The summed E-state index contributed by atoms with van der Waals surface area (Å²) < 4.78 is 5.40. The van der Waals surface area contributed by atoms with Gasteiger partial charge in [0.1, 0.15) is 0 Å². The van der Waals surface area contributed by atoms with Crippen LogP contribution in [0.15, 0.2) is 0 Å². The van der Waals surface area contributed by atoms with Crippen LogP contribution in [-0.4, -0.2) is 32.3 Å². The number of nitrogens with two attached hydrogens (primary N) is 1. The molecule has 0 aromatic heterocycles. The quantitative estimate of drug-likeness (QED) is 0.675. The van der Waals surface area contributed by atoms with Gasteiger partial charge in [-0.15, -0.1) is 0 Å². The second-order valence-corrected chi connectivity index (χ2v) is 5.89. The van der Waals surface area contributed by atoms with Crippen LogP contribution in [0.2, 0.25) is 0 Å². The van der Waals surface area contributed by atoms with Crippen LogP contribution in [0.25, 0.3) is 0 Å². The summed E-state index contributed by atoms with van der Waals surface area (Å²) in [6, 6.07) is 0.440. The van der Waals surface area contributed by atoms with Crippen molar-refractivity contribution in [1.29, 1.82) is 0 Å². The van der Waals surface area contributed by atoms with E-state index in [9.17, 15) is 0 Å². The summed E-state index contributed by atoms with van der Waals surface area (Å²) in [7, 11) is 0.